The van der Waals surface area contributed by atoms with Crippen molar-refractivity contribution >= 4 is 17.2 Å². The minimum Gasteiger partial charge on any atom is -0.489 e. The monoisotopic (exact) mass is 338 g/mol. The van der Waals surface area contributed by atoms with Gasteiger partial charge in [0.2, 0.25) is 0 Å². The van der Waals surface area contributed by atoms with Gasteiger partial charge in [0.15, 0.2) is 0 Å². The fraction of sp³-hybridized carbons (Fsp3) is 0.158. The third-order valence-electron chi connectivity index (χ3n) is 3.60. The minimum atomic E-state index is -0.0630. The van der Waals surface area contributed by atoms with Crippen molar-refractivity contribution in [1.82, 2.24) is 10.3 Å². The second-order valence-corrected chi connectivity index (χ2v) is 6.34. The van der Waals surface area contributed by atoms with Gasteiger partial charge in [-0.15, -0.1) is 11.3 Å². The van der Waals surface area contributed by atoms with Crippen molar-refractivity contribution in [3.05, 3.63) is 82.3 Å². The van der Waals surface area contributed by atoms with Gasteiger partial charge in [-0.2, -0.15) is 0 Å². The number of aromatic nitrogens is 1. The number of benzene rings is 1. The van der Waals surface area contributed by atoms with Gasteiger partial charge >= 0.3 is 0 Å². The Balaban J connectivity index is 1.56. The van der Waals surface area contributed by atoms with Crippen LogP contribution in [-0.4, -0.2) is 10.9 Å². The van der Waals surface area contributed by atoms with E-state index in [9.17, 15) is 4.79 Å². The van der Waals surface area contributed by atoms with E-state index >= 15 is 0 Å². The third kappa shape index (κ3) is 4.20. The maximum absolute atomic E-state index is 12.1. The number of rotatable bonds is 6. The van der Waals surface area contributed by atoms with Crippen molar-refractivity contribution in [3.8, 4) is 5.75 Å². The number of ether oxygens (including phenoxy) is 1. The minimum absolute atomic E-state index is 0.0468. The first-order valence-electron chi connectivity index (χ1n) is 7.68. The van der Waals surface area contributed by atoms with Gasteiger partial charge in [0, 0.05) is 18.0 Å². The Morgan fingerprint density at radius 2 is 2.04 bits per heavy atom. The first kappa shape index (κ1) is 16.2. The molecule has 0 spiro atoms. The Morgan fingerprint density at radius 1 is 1.21 bits per heavy atom. The van der Waals surface area contributed by atoms with Crippen LogP contribution in [-0.2, 0) is 6.61 Å². The molecule has 0 fully saturated rings. The highest BCUT2D eigenvalue weighted by Gasteiger charge is 2.12. The fourth-order valence-electron chi connectivity index (χ4n) is 2.26. The number of carbonyl (C=O) groups excluding carboxylic acids is 1. The van der Waals surface area contributed by atoms with Gasteiger partial charge in [-0.05, 0) is 42.1 Å². The van der Waals surface area contributed by atoms with E-state index in [1.165, 1.54) is 11.3 Å². The molecule has 1 amide bonds. The van der Waals surface area contributed by atoms with Crippen molar-refractivity contribution in [2.45, 2.75) is 19.6 Å². The quantitative estimate of drug-likeness (QED) is 0.732. The van der Waals surface area contributed by atoms with Crippen LogP contribution in [0.2, 0.25) is 0 Å². The summed E-state index contributed by atoms with van der Waals surface area (Å²) in [5, 5.41) is 4.90. The Labute approximate surface area is 145 Å². The lowest BCUT2D eigenvalue weighted by atomic mass is 10.1. The van der Waals surface area contributed by atoms with E-state index in [0.29, 0.717) is 6.61 Å². The fourth-order valence-corrected chi connectivity index (χ4v) is 2.89. The first-order valence-corrected chi connectivity index (χ1v) is 8.56. The Hall–Kier alpha value is -2.66. The standard InChI is InChI=1S/C19H18N2O2S/c1-14(21-19(22)18-5-3-11-24-18)16-6-8-17(9-7-16)23-13-15-4-2-10-20-12-15/h2-12,14H,13H2,1H3,(H,21,22). The van der Waals surface area contributed by atoms with Gasteiger partial charge in [0.05, 0.1) is 10.9 Å². The predicted molar refractivity (Wildman–Crippen MR) is 95.2 cm³/mol. The molecular weight excluding hydrogens is 320 g/mol. The second-order valence-electron chi connectivity index (χ2n) is 5.39. The first-order chi connectivity index (χ1) is 11.7. The Bertz CT molecular complexity index is 771. The zero-order valence-corrected chi connectivity index (χ0v) is 14.1. The molecule has 1 aromatic carbocycles. The van der Waals surface area contributed by atoms with Gasteiger partial charge < -0.3 is 10.1 Å². The summed E-state index contributed by atoms with van der Waals surface area (Å²) in [6.45, 7) is 2.45. The molecule has 0 bridgehead atoms. The molecule has 1 unspecified atom stereocenters. The highest BCUT2D eigenvalue weighted by molar-refractivity contribution is 7.12. The molecule has 2 aromatic heterocycles. The molecule has 0 aliphatic heterocycles. The molecule has 0 aliphatic carbocycles. The molecule has 5 heteroatoms. The molecule has 1 atom stereocenters. The average molecular weight is 338 g/mol. The third-order valence-corrected chi connectivity index (χ3v) is 4.47. The number of pyridine rings is 1. The average Bonchev–Trinajstić information content (AvgIpc) is 3.16. The lowest BCUT2D eigenvalue weighted by molar-refractivity contribution is 0.0944. The summed E-state index contributed by atoms with van der Waals surface area (Å²) >= 11 is 1.44. The van der Waals surface area contributed by atoms with E-state index in [2.05, 4.69) is 10.3 Å². The summed E-state index contributed by atoms with van der Waals surface area (Å²) in [4.78, 5) is 16.9. The van der Waals surface area contributed by atoms with Gasteiger partial charge in [0.1, 0.15) is 12.4 Å². The van der Waals surface area contributed by atoms with Gasteiger partial charge in [-0.1, -0.05) is 24.3 Å². The topological polar surface area (TPSA) is 51.2 Å². The SMILES string of the molecule is CC(NC(=O)c1cccs1)c1ccc(OCc2cccnc2)cc1. The zero-order valence-electron chi connectivity index (χ0n) is 13.3. The molecule has 4 nitrogen and oxygen atoms in total. The van der Waals surface area contributed by atoms with Crippen molar-refractivity contribution < 1.29 is 9.53 Å². The highest BCUT2D eigenvalue weighted by atomic mass is 32.1. The van der Waals surface area contributed by atoms with E-state index < -0.39 is 0 Å². The number of thiophene rings is 1. The summed E-state index contributed by atoms with van der Waals surface area (Å²) in [6.07, 6.45) is 3.53. The number of hydrogen-bond acceptors (Lipinski definition) is 4. The van der Waals surface area contributed by atoms with E-state index in [-0.39, 0.29) is 11.9 Å². The number of nitrogens with one attached hydrogen (secondary N) is 1. The molecule has 24 heavy (non-hydrogen) atoms. The number of carbonyl (C=O) groups is 1. The van der Waals surface area contributed by atoms with Crippen LogP contribution in [0.15, 0.2) is 66.3 Å². The van der Waals surface area contributed by atoms with Crippen LogP contribution in [0, 0.1) is 0 Å². The van der Waals surface area contributed by atoms with Crippen LogP contribution in [0.25, 0.3) is 0 Å². The maximum atomic E-state index is 12.1. The molecule has 1 N–H and O–H groups in total. The van der Waals surface area contributed by atoms with Crippen molar-refractivity contribution in [2.75, 3.05) is 0 Å². The van der Waals surface area contributed by atoms with Crippen molar-refractivity contribution in [2.24, 2.45) is 0 Å². The Kier molecular flexibility index (Phi) is 5.23. The second kappa shape index (κ2) is 7.75. The number of nitrogens with zero attached hydrogens (tertiary/aromatic N) is 1. The summed E-state index contributed by atoms with van der Waals surface area (Å²) in [5.41, 5.74) is 2.06. The summed E-state index contributed by atoms with van der Waals surface area (Å²) in [6, 6.07) is 15.3. The van der Waals surface area contributed by atoms with Crippen LogP contribution in [0.3, 0.4) is 0 Å². The number of hydrogen-bond donors (Lipinski definition) is 1. The zero-order chi connectivity index (χ0) is 16.8. The maximum Gasteiger partial charge on any atom is 0.261 e. The van der Waals surface area contributed by atoms with E-state index in [1.807, 2.05) is 60.8 Å². The Morgan fingerprint density at radius 3 is 2.71 bits per heavy atom. The van der Waals surface area contributed by atoms with Gasteiger partial charge in [-0.25, -0.2) is 0 Å². The van der Waals surface area contributed by atoms with Crippen LogP contribution in [0.1, 0.15) is 33.8 Å². The van der Waals surface area contributed by atoms with E-state index in [0.717, 1.165) is 21.8 Å². The van der Waals surface area contributed by atoms with Gasteiger partial charge in [0.25, 0.3) is 5.91 Å². The summed E-state index contributed by atoms with van der Waals surface area (Å²) < 4.78 is 5.74. The van der Waals surface area contributed by atoms with Crippen LogP contribution < -0.4 is 10.1 Å². The van der Waals surface area contributed by atoms with Crippen molar-refractivity contribution in [3.63, 3.8) is 0 Å². The van der Waals surface area contributed by atoms with Crippen LogP contribution in [0.5, 0.6) is 5.75 Å². The van der Waals surface area contributed by atoms with Gasteiger partial charge in [-0.3, -0.25) is 9.78 Å². The lowest BCUT2D eigenvalue weighted by Crippen LogP contribution is -2.25. The largest absolute Gasteiger partial charge is 0.489 e. The molecular formula is C19H18N2O2S. The lowest BCUT2D eigenvalue weighted by Gasteiger charge is -2.14. The number of amides is 1. The molecule has 122 valence electrons. The van der Waals surface area contributed by atoms with E-state index in [4.69, 9.17) is 4.74 Å². The smallest absolute Gasteiger partial charge is 0.261 e. The predicted octanol–water partition coefficient (Wildman–Crippen LogP) is 4.21. The summed E-state index contributed by atoms with van der Waals surface area (Å²) in [7, 11) is 0. The molecule has 0 aliphatic rings. The molecule has 3 rings (SSSR count). The highest BCUT2D eigenvalue weighted by Crippen LogP contribution is 2.19. The molecule has 0 radical (unpaired) electrons. The molecule has 0 saturated heterocycles. The van der Waals surface area contributed by atoms with E-state index in [1.54, 1.807) is 12.4 Å². The normalized spacial score (nSPS) is 11.7. The summed E-state index contributed by atoms with van der Waals surface area (Å²) in [5.74, 6) is 0.744. The van der Waals surface area contributed by atoms with Crippen molar-refractivity contribution in [1.29, 1.82) is 0 Å². The molecule has 2 heterocycles. The van der Waals surface area contributed by atoms with Crippen LogP contribution >= 0.6 is 11.3 Å². The van der Waals surface area contributed by atoms with Crippen LogP contribution in [0.4, 0.5) is 0 Å². The molecule has 0 saturated carbocycles. The molecule has 3 aromatic rings.